The molecule has 0 saturated carbocycles. The molecule has 22 heavy (non-hydrogen) atoms. The van der Waals surface area contributed by atoms with Crippen molar-refractivity contribution in [2.24, 2.45) is 5.92 Å². The summed E-state index contributed by atoms with van der Waals surface area (Å²) in [5.74, 6) is 0.424. The van der Waals surface area contributed by atoms with Crippen LogP contribution in [-0.4, -0.2) is 30.8 Å². The first kappa shape index (κ1) is 15.4. The van der Waals surface area contributed by atoms with E-state index >= 15 is 0 Å². The highest BCUT2D eigenvalue weighted by Crippen LogP contribution is 2.47. The lowest BCUT2D eigenvalue weighted by molar-refractivity contribution is -0.141. The zero-order valence-electron chi connectivity index (χ0n) is 12.7. The van der Waals surface area contributed by atoms with Crippen LogP contribution in [0.4, 0.5) is 0 Å². The predicted molar refractivity (Wildman–Crippen MR) is 83.0 cm³/mol. The first-order valence-corrected chi connectivity index (χ1v) is 7.95. The summed E-state index contributed by atoms with van der Waals surface area (Å²) in [7, 11) is 0. The highest BCUT2D eigenvalue weighted by Gasteiger charge is 2.34. The molecule has 120 valence electrons. The standard InChI is InChI=1S/C16H20ClNO4/c1-8(2)13-10(12-5-9(7-18-12)16(19)20)6-11(17)14-15(13)22-4-3-21-14/h6,8-9,12,18H,3-5,7H2,1-2H3,(H,19,20). The molecule has 1 aromatic rings. The van der Waals surface area contributed by atoms with Gasteiger partial charge in [0.1, 0.15) is 13.2 Å². The van der Waals surface area contributed by atoms with Crippen molar-refractivity contribution in [2.75, 3.05) is 19.8 Å². The second kappa shape index (κ2) is 5.97. The maximum atomic E-state index is 11.2. The molecule has 0 aromatic heterocycles. The molecule has 1 aromatic carbocycles. The van der Waals surface area contributed by atoms with E-state index in [1.54, 1.807) is 0 Å². The Bertz CT molecular complexity index is 602. The van der Waals surface area contributed by atoms with E-state index < -0.39 is 5.97 Å². The maximum Gasteiger partial charge on any atom is 0.307 e. The van der Waals surface area contributed by atoms with E-state index in [4.69, 9.17) is 21.1 Å². The van der Waals surface area contributed by atoms with E-state index in [1.807, 2.05) is 6.07 Å². The number of carbonyl (C=O) groups is 1. The molecule has 0 bridgehead atoms. The van der Waals surface area contributed by atoms with E-state index in [-0.39, 0.29) is 17.9 Å². The molecule has 0 aliphatic carbocycles. The molecule has 5 nitrogen and oxygen atoms in total. The van der Waals surface area contributed by atoms with Crippen LogP contribution in [0.3, 0.4) is 0 Å². The summed E-state index contributed by atoms with van der Waals surface area (Å²) in [5, 5.41) is 13.0. The Kier molecular flexibility index (Phi) is 4.19. The molecule has 2 aliphatic heterocycles. The number of hydrogen-bond acceptors (Lipinski definition) is 4. The lowest BCUT2D eigenvalue weighted by Crippen LogP contribution is -2.21. The van der Waals surface area contributed by atoms with Crippen LogP contribution < -0.4 is 14.8 Å². The van der Waals surface area contributed by atoms with Gasteiger partial charge in [-0.25, -0.2) is 0 Å². The molecule has 0 amide bonds. The molecule has 6 heteroatoms. The van der Waals surface area contributed by atoms with Crippen molar-refractivity contribution in [1.82, 2.24) is 5.32 Å². The molecule has 2 N–H and O–H groups in total. The van der Waals surface area contributed by atoms with Gasteiger partial charge in [0.2, 0.25) is 0 Å². The van der Waals surface area contributed by atoms with Gasteiger partial charge in [-0.2, -0.15) is 0 Å². The van der Waals surface area contributed by atoms with Crippen LogP contribution in [0.25, 0.3) is 0 Å². The second-order valence-corrected chi connectivity index (χ2v) is 6.51. The predicted octanol–water partition coefficient (Wildman–Crippen LogP) is 2.97. The summed E-state index contributed by atoms with van der Waals surface area (Å²) in [6.07, 6.45) is 0.561. The summed E-state index contributed by atoms with van der Waals surface area (Å²) in [6, 6.07) is 1.87. The van der Waals surface area contributed by atoms with Gasteiger partial charge in [0, 0.05) is 18.2 Å². The molecule has 2 unspecified atom stereocenters. The molecule has 2 aliphatic rings. The van der Waals surface area contributed by atoms with Crippen LogP contribution in [0.1, 0.15) is 43.4 Å². The third kappa shape index (κ3) is 2.63. The van der Waals surface area contributed by atoms with Gasteiger partial charge in [0.25, 0.3) is 0 Å². The Hall–Kier alpha value is -1.46. The van der Waals surface area contributed by atoms with Crippen molar-refractivity contribution in [3.05, 3.63) is 22.2 Å². The third-order valence-corrected chi connectivity index (χ3v) is 4.55. The van der Waals surface area contributed by atoms with E-state index in [2.05, 4.69) is 19.2 Å². The van der Waals surface area contributed by atoms with Crippen LogP contribution in [0.15, 0.2) is 6.07 Å². The Balaban J connectivity index is 2.04. The summed E-state index contributed by atoms with van der Waals surface area (Å²) in [5.41, 5.74) is 2.08. The molecule has 1 fully saturated rings. The number of ether oxygens (including phenoxy) is 2. The summed E-state index contributed by atoms with van der Waals surface area (Å²) in [6.45, 7) is 5.65. The number of rotatable bonds is 3. The first-order chi connectivity index (χ1) is 10.5. The van der Waals surface area contributed by atoms with Gasteiger partial charge in [-0.3, -0.25) is 4.79 Å². The van der Waals surface area contributed by atoms with Crippen molar-refractivity contribution in [3.8, 4) is 11.5 Å². The lowest BCUT2D eigenvalue weighted by Gasteiger charge is -2.28. The quantitative estimate of drug-likeness (QED) is 0.894. The number of fused-ring (bicyclic) bond motifs is 1. The van der Waals surface area contributed by atoms with Crippen molar-refractivity contribution < 1.29 is 19.4 Å². The molecule has 0 radical (unpaired) electrons. The van der Waals surface area contributed by atoms with Crippen LogP contribution in [-0.2, 0) is 4.79 Å². The van der Waals surface area contributed by atoms with Crippen LogP contribution in [0, 0.1) is 5.92 Å². The molecular formula is C16H20ClNO4. The smallest absolute Gasteiger partial charge is 0.307 e. The number of hydrogen-bond donors (Lipinski definition) is 2. The van der Waals surface area contributed by atoms with Crippen molar-refractivity contribution >= 4 is 17.6 Å². The van der Waals surface area contributed by atoms with Gasteiger partial charge in [0.05, 0.1) is 10.9 Å². The van der Waals surface area contributed by atoms with Gasteiger partial charge in [-0.05, 0) is 24.0 Å². The number of carboxylic acids is 1. The molecule has 2 heterocycles. The van der Waals surface area contributed by atoms with Crippen molar-refractivity contribution in [1.29, 1.82) is 0 Å². The highest BCUT2D eigenvalue weighted by molar-refractivity contribution is 6.32. The van der Waals surface area contributed by atoms with Crippen LogP contribution in [0.2, 0.25) is 5.02 Å². The zero-order valence-corrected chi connectivity index (χ0v) is 13.4. The Morgan fingerprint density at radius 3 is 2.64 bits per heavy atom. The number of carboxylic acid groups (broad SMARTS) is 1. The molecule has 3 rings (SSSR count). The first-order valence-electron chi connectivity index (χ1n) is 7.57. The van der Waals surface area contributed by atoms with Crippen LogP contribution >= 0.6 is 11.6 Å². The lowest BCUT2D eigenvalue weighted by atomic mass is 9.89. The van der Waals surface area contributed by atoms with E-state index in [0.29, 0.717) is 42.7 Å². The fourth-order valence-corrected chi connectivity index (χ4v) is 3.51. The Labute approximate surface area is 134 Å². The largest absolute Gasteiger partial charge is 0.486 e. The minimum atomic E-state index is -0.760. The fourth-order valence-electron chi connectivity index (χ4n) is 3.25. The normalized spacial score (nSPS) is 23.8. The van der Waals surface area contributed by atoms with Gasteiger partial charge in [0.15, 0.2) is 11.5 Å². The zero-order chi connectivity index (χ0) is 15.9. The summed E-state index contributed by atoms with van der Waals surface area (Å²) in [4.78, 5) is 11.2. The van der Waals surface area contributed by atoms with Crippen molar-refractivity contribution in [2.45, 2.75) is 32.2 Å². The molecule has 0 spiro atoms. The summed E-state index contributed by atoms with van der Waals surface area (Å²) < 4.78 is 11.5. The van der Waals surface area contributed by atoms with Crippen molar-refractivity contribution in [3.63, 3.8) is 0 Å². The van der Waals surface area contributed by atoms with Gasteiger partial charge < -0.3 is 19.9 Å². The molecule has 1 saturated heterocycles. The van der Waals surface area contributed by atoms with Gasteiger partial charge in [-0.15, -0.1) is 0 Å². The maximum absolute atomic E-state index is 11.2. The number of nitrogens with one attached hydrogen (secondary N) is 1. The second-order valence-electron chi connectivity index (χ2n) is 6.10. The van der Waals surface area contributed by atoms with Crippen LogP contribution in [0.5, 0.6) is 11.5 Å². The monoisotopic (exact) mass is 325 g/mol. The Morgan fingerprint density at radius 1 is 1.36 bits per heavy atom. The Morgan fingerprint density at radius 2 is 2.05 bits per heavy atom. The molecule has 2 atom stereocenters. The minimum Gasteiger partial charge on any atom is -0.486 e. The SMILES string of the molecule is CC(C)c1c(C2CC(C(=O)O)CN2)cc(Cl)c2c1OCCO2. The highest BCUT2D eigenvalue weighted by atomic mass is 35.5. The average Bonchev–Trinajstić information content (AvgIpc) is 2.96. The number of benzene rings is 1. The topological polar surface area (TPSA) is 67.8 Å². The van der Waals surface area contributed by atoms with Gasteiger partial charge >= 0.3 is 5.97 Å². The fraction of sp³-hybridized carbons (Fsp3) is 0.562. The molecular weight excluding hydrogens is 306 g/mol. The van der Waals surface area contributed by atoms with E-state index in [1.165, 1.54) is 0 Å². The van der Waals surface area contributed by atoms with E-state index in [0.717, 1.165) is 11.1 Å². The number of aliphatic carboxylic acids is 1. The van der Waals surface area contributed by atoms with E-state index in [9.17, 15) is 9.90 Å². The summed E-state index contributed by atoms with van der Waals surface area (Å²) >= 11 is 6.35. The van der Waals surface area contributed by atoms with Gasteiger partial charge in [-0.1, -0.05) is 25.4 Å². The third-order valence-electron chi connectivity index (χ3n) is 4.27. The minimum absolute atomic E-state index is 0.0215. The number of halogens is 1. The average molecular weight is 326 g/mol.